The molecule has 6 nitrogen and oxygen atoms in total. The van der Waals surface area contributed by atoms with Gasteiger partial charge in [-0.05, 0) is 49.9 Å². The van der Waals surface area contributed by atoms with Gasteiger partial charge in [-0.15, -0.1) is 0 Å². The van der Waals surface area contributed by atoms with Crippen LogP contribution in [-0.4, -0.2) is 30.3 Å². The molecule has 1 aliphatic rings. The number of ether oxygens (including phenoxy) is 1. The van der Waals surface area contributed by atoms with Gasteiger partial charge in [-0.2, -0.15) is 0 Å². The first kappa shape index (κ1) is 15.2. The first-order valence-electron chi connectivity index (χ1n) is 7.03. The summed E-state index contributed by atoms with van der Waals surface area (Å²) in [5.41, 5.74) is 0.742. The van der Waals surface area contributed by atoms with Crippen molar-refractivity contribution < 1.29 is 19.4 Å². The van der Waals surface area contributed by atoms with E-state index in [1.54, 1.807) is 31.4 Å². The van der Waals surface area contributed by atoms with E-state index >= 15 is 0 Å². The first-order valence-corrected chi connectivity index (χ1v) is 7.03. The number of amides is 2. The van der Waals surface area contributed by atoms with Crippen molar-refractivity contribution in [3.63, 3.8) is 0 Å². The van der Waals surface area contributed by atoms with E-state index in [9.17, 15) is 9.59 Å². The van der Waals surface area contributed by atoms with Crippen LogP contribution in [0.3, 0.4) is 0 Å². The highest BCUT2D eigenvalue weighted by Crippen LogP contribution is 2.26. The number of hydrogen-bond acceptors (Lipinski definition) is 3. The highest BCUT2D eigenvalue weighted by molar-refractivity contribution is 5.92. The Labute approximate surface area is 123 Å². The Hall–Kier alpha value is -2.24. The molecule has 0 atom stereocenters. The first-order chi connectivity index (χ1) is 10.1. The number of carbonyl (C=O) groups is 2. The summed E-state index contributed by atoms with van der Waals surface area (Å²) in [7, 11) is 1.59. The molecule has 0 unspecified atom stereocenters. The molecule has 2 rings (SSSR count). The van der Waals surface area contributed by atoms with Gasteiger partial charge in [-0.1, -0.05) is 0 Å². The minimum absolute atomic E-state index is 0.00561. The second kappa shape index (κ2) is 6.97. The Morgan fingerprint density at radius 1 is 1.14 bits per heavy atom. The molecule has 6 heteroatoms. The minimum Gasteiger partial charge on any atom is -0.497 e. The predicted molar refractivity (Wildman–Crippen MR) is 78.5 cm³/mol. The zero-order valence-electron chi connectivity index (χ0n) is 12.0. The molecule has 0 radical (unpaired) electrons. The van der Waals surface area contributed by atoms with E-state index in [1.807, 2.05) is 0 Å². The normalized spacial score (nSPS) is 21.4. The zero-order chi connectivity index (χ0) is 15.2. The number of carboxylic acid groups (broad SMARTS) is 1. The van der Waals surface area contributed by atoms with Crippen molar-refractivity contribution in [2.75, 3.05) is 12.4 Å². The molecule has 1 aromatic carbocycles. The largest absolute Gasteiger partial charge is 0.497 e. The monoisotopic (exact) mass is 292 g/mol. The molecule has 0 spiro atoms. The van der Waals surface area contributed by atoms with Gasteiger partial charge in [-0.3, -0.25) is 4.79 Å². The third-order valence-corrected chi connectivity index (χ3v) is 3.78. The number of methoxy groups -OCH3 is 1. The summed E-state index contributed by atoms with van der Waals surface area (Å²) in [5.74, 6) is 0.682. The van der Waals surface area contributed by atoms with Crippen LogP contribution >= 0.6 is 0 Å². The molecular weight excluding hydrogens is 272 g/mol. The van der Waals surface area contributed by atoms with Gasteiger partial charge in [-0.25, -0.2) is 4.79 Å². The number of anilines is 1. The van der Waals surface area contributed by atoms with Crippen LogP contribution in [0.15, 0.2) is 24.3 Å². The van der Waals surface area contributed by atoms with Crippen LogP contribution < -0.4 is 15.4 Å². The van der Waals surface area contributed by atoms with Gasteiger partial charge < -0.3 is 20.5 Å². The van der Waals surface area contributed by atoms with Gasteiger partial charge in [0.1, 0.15) is 5.75 Å². The van der Waals surface area contributed by atoms with Crippen molar-refractivity contribution in [3.8, 4) is 5.75 Å². The van der Waals surface area contributed by atoms with Crippen LogP contribution in [0.1, 0.15) is 25.7 Å². The number of rotatable bonds is 4. The zero-order valence-corrected chi connectivity index (χ0v) is 12.0. The van der Waals surface area contributed by atoms with Crippen molar-refractivity contribution in [2.45, 2.75) is 31.7 Å². The fourth-order valence-corrected chi connectivity index (χ4v) is 2.59. The summed E-state index contributed by atoms with van der Waals surface area (Å²) in [6, 6.07) is 7.16. The second-order valence-electron chi connectivity index (χ2n) is 5.22. The fraction of sp³-hybridized carbons (Fsp3) is 0.467. The average molecular weight is 292 g/mol. The van der Waals surface area contributed by atoms with Crippen molar-refractivity contribution in [2.24, 2.45) is 5.92 Å². The molecule has 1 aromatic rings. The third-order valence-electron chi connectivity index (χ3n) is 3.78. The van der Waals surface area contributed by atoms with Crippen LogP contribution in [0.4, 0.5) is 10.5 Å². The summed E-state index contributed by atoms with van der Waals surface area (Å²) in [5, 5.41) is 14.0. The molecule has 2 amide bonds. The standard InChI is InChI=1S/C15H20N2O4/c1-21-13-8-6-11(7-9-13)16-14(18)10-2-4-12(5-3-10)17-15(19)20/h6-10,12,17H,2-5H2,1H3,(H,16,18)(H,19,20). The quantitative estimate of drug-likeness (QED) is 0.795. The maximum Gasteiger partial charge on any atom is 0.404 e. The molecule has 114 valence electrons. The molecule has 0 heterocycles. The lowest BCUT2D eigenvalue weighted by molar-refractivity contribution is -0.120. The lowest BCUT2D eigenvalue weighted by Crippen LogP contribution is -2.38. The van der Waals surface area contributed by atoms with E-state index in [0.29, 0.717) is 25.7 Å². The summed E-state index contributed by atoms with van der Waals surface area (Å²) < 4.78 is 5.07. The van der Waals surface area contributed by atoms with E-state index in [0.717, 1.165) is 11.4 Å². The Bertz CT molecular complexity index is 493. The number of benzene rings is 1. The van der Waals surface area contributed by atoms with Crippen LogP contribution in [0.25, 0.3) is 0 Å². The highest BCUT2D eigenvalue weighted by Gasteiger charge is 2.27. The van der Waals surface area contributed by atoms with Gasteiger partial charge in [0.05, 0.1) is 7.11 Å². The van der Waals surface area contributed by atoms with Gasteiger partial charge in [0.2, 0.25) is 5.91 Å². The number of carbonyl (C=O) groups excluding carboxylic acids is 1. The second-order valence-corrected chi connectivity index (χ2v) is 5.22. The van der Waals surface area contributed by atoms with Crippen molar-refractivity contribution >= 4 is 17.7 Å². The topological polar surface area (TPSA) is 87.7 Å². The highest BCUT2D eigenvalue weighted by atomic mass is 16.5. The molecule has 0 bridgehead atoms. The van der Waals surface area contributed by atoms with E-state index < -0.39 is 6.09 Å². The Morgan fingerprint density at radius 3 is 2.29 bits per heavy atom. The lowest BCUT2D eigenvalue weighted by atomic mass is 9.85. The minimum atomic E-state index is -0.999. The number of hydrogen-bond donors (Lipinski definition) is 3. The molecule has 0 aromatic heterocycles. The van der Waals surface area contributed by atoms with Gasteiger partial charge >= 0.3 is 6.09 Å². The van der Waals surface area contributed by atoms with Gasteiger partial charge in [0, 0.05) is 17.6 Å². The molecular formula is C15H20N2O4. The SMILES string of the molecule is COc1ccc(NC(=O)C2CCC(NC(=O)O)CC2)cc1. The van der Waals surface area contributed by atoms with E-state index in [-0.39, 0.29) is 17.9 Å². The average Bonchev–Trinajstić information content (AvgIpc) is 2.48. The number of nitrogens with one attached hydrogen (secondary N) is 2. The third kappa shape index (κ3) is 4.37. The van der Waals surface area contributed by atoms with Crippen molar-refractivity contribution in [1.82, 2.24) is 5.32 Å². The molecule has 1 aliphatic carbocycles. The summed E-state index contributed by atoms with van der Waals surface area (Å²) >= 11 is 0. The van der Waals surface area contributed by atoms with Crippen LogP contribution in [0.2, 0.25) is 0 Å². The molecule has 3 N–H and O–H groups in total. The molecule has 1 saturated carbocycles. The van der Waals surface area contributed by atoms with Crippen molar-refractivity contribution in [3.05, 3.63) is 24.3 Å². The molecule has 21 heavy (non-hydrogen) atoms. The van der Waals surface area contributed by atoms with E-state index in [2.05, 4.69) is 10.6 Å². The lowest BCUT2D eigenvalue weighted by Gasteiger charge is -2.27. The van der Waals surface area contributed by atoms with Gasteiger partial charge in [0.25, 0.3) is 0 Å². The van der Waals surface area contributed by atoms with E-state index in [1.165, 1.54) is 0 Å². The van der Waals surface area contributed by atoms with Crippen LogP contribution in [0, 0.1) is 5.92 Å². The maximum atomic E-state index is 12.2. The van der Waals surface area contributed by atoms with Crippen molar-refractivity contribution in [1.29, 1.82) is 0 Å². The van der Waals surface area contributed by atoms with Gasteiger partial charge in [0.15, 0.2) is 0 Å². The summed E-state index contributed by atoms with van der Waals surface area (Å²) in [4.78, 5) is 22.7. The van der Waals surface area contributed by atoms with Crippen LogP contribution in [0.5, 0.6) is 5.75 Å². The molecule has 0 aliphatic heterocycles. The Kier molecular flexibility index (Phi) is 5.03. The molecule has 1 fully saturated rings. The molecule has 0 saturated heterocycles. The Balaban J connectivity index is 1.82. The van der Waals surface area contributed by atoms with Crippen LogP contribution in [-0.2, 0) is 4.79 Å². The Morgan fingerprint density at radius 2 is 1.76 bits per heavy atom. The summed E-state index contributed by atoms with van der Waals surface area (Å²) in [6.07, 6.45) is 1.81. The maximum absolute atomic E-state index is 12.2. The predicted octanol–water partition coefficient (Wildman–Crippen LogP) is 2.46. The smallest absolute Gasteiger partial charge is 0.404 e. The summed E-state index contributed by atoms with van der Waals surface area (Å²) in [6.45, 7) is 0. The fourth-order valence-electron chi connectivity index (χ4n) is 2.59. The van der Waals surface area contributed by atoms with E-state index in [4.69, 9.17) is 9.84 Å².